The van der Waals surface area contributed by atoms with Crippen LogP contribution >= 0.6 is 22.7 Å². The average Bonchev–Trinajstić information content (AvgIpc) is 2.98. The first-order chi connectivity index (χ1) is 9.28. The summed E-state index contributed by atoms with van der Waals surface area (Å²) in [4.78, 5) is 10.2. The Kier molecular flexibility index (Phi) is 5.26. The molecule has 0 radical (unpaired) electrons. The minimum atomic E-state index is 0.490. The lowest BCUT2D eigenvalue weighted by atomic mass is 10.3. The summed E-state index contributed by atoms with van der Waals surface area (Å²) >= 11 is 3.21. The van der Waals surface area contributed by atoms with Gasteiger partial charge in [-0.25, -0.2) is 9.97 Å². The van der Waals surface area contributed by atoms with E-state index in [9.17, 15) is 0 Å². The molecule has 19 heavy (non-hydrogen) atoms. The van der Waals surface area contributed by atoms with Gasteiger partial charge in [-0.3, -0.25) is 0 Å². The number of anilines is 1. The Bertz CT molecular complexity index is 525. The van der Waals surface area contributed by atoms with Crippen molar-refractivity contribution >= 4 is 27.8 Å². The number of aromatic nitrogens is 2. The molecule has 104 valence electrons. The van der Waals surface area contributed by atoms with Crippen molar-refractivity contribution < 1.29 is 9.47 Å². The van der Waals surface area contributed by atoms with Crippen LogP contribution < -0.4 is 5.32 Å². The molecule has 0 unspecified atom stereocenters. The maximum absolute atomic E-state index is 5.20. The van der Waals surface area contributed by atoms with Gasteiger partial charge in [0.15, 0.2) is 5.13 Å². The fraction of sp³-hybridized carbons (Fsp3) is 0.500. The van der Waals surface area contributed by atoms with Crippen molar-refractivity contribution in [2.24, 2.45) is 0 Å². The normalized spacial score (nSPS) is 10.9. The van der Waals surface area contributed by atoms with E-state index in [1.54, 1.807) is 36.9 Å². The van der Waals surface area contributed by atoms with E-state index in [0.29, 0.717) is 13.2 Å². The molecule has 2 heterocycles. The summed E-state index contributed by atoms with van der Waals surface area (Å²) in [6.07, 6.45) is 0. The first kappa shape index (κ1) is 14.4. The molecule has 0 saturated heterocycles. The highest BCUT2D eigenvalue weighted by Gasteiger charge is 2.15. The molecule has 0 saturated carbocycles. The van der Waals surface area contributed by atoms with E-state index in [1.807, 2.05) is 5.38 Å². The van der Waals surface area contributed by atoms with Crippen LogP contribution in [0.2, 0.25) is 0 Å². The second-order valence-electron chi connectivity index (χ2n) is 3.82. The van der Waals surface area contributed by atoms with Crippen LogP contribution in [0.5, 0.6) is 0 Å². The van der Waals surface area contributed by atoms with Crippen LogP contribution in [0.25, 0.3) is 10.6 Å². The Morgan fingerprint density at radius 1 is 1.21 bits per heavy atom. The van der Waals surface area contributed by atoms with Gasteiger partial charge in [-0.2, -0.15) is 0 Å². The molecular formula is C12H17N3O2S2. The summed E-state index contributed by atoms with van der Waals surface area (Å²) in [6, 6.07) is 0. The van der Waals surface area contributed by atoms with Crippen molar-refractivity contribution in [3.8, 4) is 10.6 Å². The van der Waals surface area contributed by atoms with Gasteiger partial charge in [-0.05, 0) is 6.92 Å². The van der Waals surface area contributed by atoms with Gasteiger partial charge in [0.25, 0.3) is 0 Å². The summed E-state index contributed by atoms with van der Waals surface area (Å²) in [7, 11) is 3.34. The van der Waals surface area contributed by atoms with Crippen molar-refractivity contribution in [3.63, 3.8) is 0 Å². The Morgan fingerprint density at radius 3 is 2.68 bits per heavy atom. The van der Waals surface area contributed by atoms with Crippen molar-refractivity contribution in [3.05, 3.63) is 16.1 Å². The van der Waals surface area contributed by atoms with Gasteiger partial charge in [0.05, 0.1) is 29.5 Å². The van der Waals surface area contributed by atoms with Crippen LogP contribution in [-0.4, -0.2) is 30.7 Å². The summed E-state index contributed by atoms with van der Waals surface area (Å²) in [6.45, 7) is 3.94. The monoisotopic (exact) mass is 299 g/mol. The number of thiazole rings is 2. The minimum absolute atomic E-state index is 0.490. The molecule has 0 bridgehead atoms. The third-order valence-corrected chi connectivity index (χ3v) is 4.25. The van der Waals surface area contributed by atoms with Gasteiger partial charge in [0.2, 0.25) is 0 Å². The molecule has 2 rings (SSSR count). The predicted molar refractivity (Wildman–Crippen MR) is 78.8 cm³/mol. The molecular weight excluding hydrogens is 282 g/mol. The molecule has 2 aromatic rings. The van der Waals surface area contributed by atoms with E-state index in [1.165, 1.54) is 0 Å². The number of hydrogen-bond acceptors (Lipinski definition) is 7. The van der Waals surface area contributed by atoms with E-state index in [-0.39, 0.29) is 0 Å². The number of hydrogen-bond donors (Lipinski definition) is 1. The van der Waals surface area contributed by atoms with Gasteiger partial charge in [0.1, 0.15) is 5.01 Å². The maximum Gasteiger partial charge on any atom is 0.183 e. The van der Waals surface area contributed by atoms with E-state index >= 15 is 0 Å². The van der Waals surface area contributed by atoms with Crippen LogP contribution in [0.4, 0.5) is 5.13 Å². The van der Waals surface area contributed by atoms with Crippen LogP contribution in [0.3, 0.4) is 0 Å². The molecule has 0 spiro atoms. The molecule has 0 fully saturated rings. The number of ether oxygens (including phenoxy) is 2. The molecule has 0 aromatic carbocycles. The van der Waals surface area contributed by atoms with Gasteiger partial charge < -0.3 is 14.8 Å². The van der Waals surface area contributed by atoms with Crippen molar-refractivity contribution in [1.29, 1.82) is 0 Å². The van der Waals surface area contributed by atoms with Crippen LogP contribution in [0.15, 0.2) is 5.38 Å². The van der Waals surface area contributed by atoms with Crippen LogP contribution in [0.1, 0.15) is 17.6 Å². The number of methoxy groups -OCH3 is 2. The zero-order valence-electron chi connectivity index (χ0n) is 11.2. The lowest BCUT2D eigenvalue weighted by Gasteiger charge is -1.98. The molecule has 0 aliphatic heterocycles. The summed E-state index contributed by atoms with van der Waals surface area (Å²) in [5, 5.41) is 7.14. The highest BCUT2D eigenvalue weighted by molar-refractivity contribution is 7.16. The Labute approximate surface area is 120 Å². The molecule has 2 aromatic heterocycles. The van der Waals surface area contributed by atoms with Gasteiger partial charge in [-0.15, -0.1) is 22.7 Å². The highest BCUT2D eigenvalue weighted by Crippen LogP contribution is 2.33. The van der Waals surface area contributed by atoms with Crippen LogP contribution in [0, 0.1) is 0 Å². The lowest BCUT2D eigenvalue weighted by molar-refractivity contribution is 0.176. The summed E-state index contributed by atoms with van der Waals surface area (Å²) in [5.41, 5.74) is 1.88. The van der Waals surface area contributed by atoms with E-state index in [2.05, 4.69) is 22.2 Å². The quantitative estimate of drug-likeness (QED) is 0.851. The second-order valence-corrected chi connectivity index (χ2v) is 5.76. The minimum Gasteiger partial charge on any atom is -0.378 e. The van der Waals surface area contributed by atoms with Crippen molar-refractivity contribution in [2.45, 2.75) is 20.1 Å². The van der Waals surface area contributed by atoms with Crippen LogP contribution in [-0.2, 0) is 22.7 Å². The fourth-order valence-electron chi connectivity index (χ4n) is 1.63. The lowest BCUT2D eigenvalue weighted by Crippen LogP contribution is -1.95. The van der Waals surface area contributed by atoms with Gasteiger partial charge >= 0.3 is 0 Å². The summed E-state index contributed by atoms with van der Waals surface area (Å²) in [5.74, 6) is 0. The van der Waals surface area contributed by atoms with E-state index in [0.717, 1.165) is 32.9 Å². The van der Waals surface area contributed by atoms with Gasteiger partial charge in [-0.1, -0.05) is 0 Å². The molecule has 0 aliphatic carbocycles. The smallest absolute Gasteiger partial charge is 0.183 e. The topological polar surface area (TPSA) is 56.3 Å². The molecule has 5 nitrogen and oxygen atoms in total. The van der Waals surface area contributed by atoms with E-state index < -0.39 is 0 Å². The zero-order valence-corrected chi connectivity index (χ0v) is 12.9. The fourth-order valence-corrected chi connectivity index (χ4v) is 3.48. The Balaban J connectivity index is 2.29. The Hall–Kier alpha value is -1.02. The first-order valence-corrected chi connectivity index (χ1v) is 7.64. The third-order valence-electron chi connectivity index (χ3n) is 2.36. The molecule has 0 atom stereocenters. The number of nitrogens with zero attached hydrogens (tertiary/aromatic N) is 2. The molecule has 1 N–H and O–H groups in total. The molecule has 7 heteroatoms. The highest BCUT2D eigenvalue weighted by atomic mass is 32.1. The number of nitrogens with one attached hydrogen (secondary N) is 1. The average molecular weight is 299 g/mol. The maximum atomic E-state index is 5.20. The first-order valence-electron chi connectivity index (χ1n) is 5.94. The molecule has 0 aliphatic rings. The Morgan fingerprint density at radius 2 is 2.00 bits per heavy atom. The van der Waals surface area contributed by atoms with Crippen molar-refractivity contribution in [2.75, 3.05) is 26.1 Å². The molecule has 0 amide bonds. The third kappa shape index (κ3) is 3.50. The number of rotatable bonds is 7. The summed E-state index contributed by atoms with van der Waals surface area (Å²) < 4.78 is 10.3. The van der Waals surface area contributed by atoms with Crippen molar-refractivity contribution in [1.82, 2.24) is 9.97 Å². The van der Waals surface area contributed by atoms with E-state index in [4.69, 9.17) is 9.47 Å². The zero-order chi connectivity index (χ0) is 13.7. The second kappa shape index (κ2) is 6.95. The predicted octanol–water partition coefficient (Wildman–Crippen LogP) is 2.99. The SMILES string of the molecule is CCNc1nc(-c2sc(COC)nc2COC)cs1. The standard InChI is InChI=1S/C12H17N3O2S2/c1-4-13-12-15-9(7-18-12)11-8(5-16-2)14-10(19-11)6-17-3/h7H,4-6H2,1-3H3,(H,13,15). The largest absolute Gasteiger partial charge is 0.378 e. The van der Waals surface area contributed by atoms with Gasteiger partial charge in [0, 0.05) is 26.1 Å².